The van der Waals surface area contributed by atoms with E-state index in [2.05, 4.69) is 5.32 Å². The molecule has 2 atom stereocenters. The molecule has 3 N–H and O–H groups in total. The molecular weight excluding hydrogens is 336 g/mol. The minimum atomic E-state index is -0.609. The maximum Gasteiger partial charge on any atom is 0.408 e. The van der Waals surface area contributed by atoms with Crippen LogP contribution in [0.2, 0.25) is 0 Å². The van der Waals surface area contributed by atoms with E-state index < -0.39 is 17.7 Å². The van der Waals surface area contributed by atoms with Gasteiger partial charge in [0, 0.05) is 12.0 Å². The van der Waals surface area contributed by atoms with Crippen LogP contribution < -0.4 is 20.5 Å². The number of ketones is 1. The second-order valence-corrected chi connectivity index (χ2v) is 7.40. The smallest absolute Gasteiger partial charge is 0.408 e. The molecule has 0 bridgehead atoms. The molecule has 0 aliphatic heterocycles. The van der Waals surface area contributed by atoms with Gasteiger partial charge in [0.05, 0.1) is 20.8 Å². The molecule has 0 heterocycles. The van der Waals surface area contributed by atoms with E-state index in [0.29, 0.717) is 24.3 Å². The maximum absolute atomic E-state index is 12.6. The van der Waals surface area contributed by atoms with Crippen molar-refractivity contribution in [3.8, 4) is 11.5 Å². The predicted molar refractivity (Wildman–Crippen MR) is 97.5 cm³/mol. The summed E-state index contributed by atoms with van der Waals surface area (Å²) in [4.78, 5) is 24.3. The van der Waals surface area contributed by atoms with Gasteiger partial charge in [0.25, 0.3) is 0 Å². The summed E-state index contributed by atoms with van der Waals surface area (Å²) in [6.07, 6.45) is 0.729. The molecule has 0 saturated carbocycles. The first-order valence-corrected chi connectivity index (χ1v) is 8.66. The summed E-state index contributed by atoms with van der Waals surface area (Å²) < 4.78 is 15.8. The quantitative estimate of drug-likeness (QED) is 0.832. The number of Topliss-reactive ketones (excluding diaryl/α,β-unsaturated/α-hetero) is 1. The third-order valence-electron chi connectivity index (χ3n) is 4.38. The van der Waals surface area contributed by atoms with Gasteiger partial charge >= 0.3 is 6.09 Å². The molecule has 0 fully saturated rings. The second-order valence-electron chi connectivity index (χ2n) is 7.40. The van der Waals surface area contributed by atoms with Crippen molar-refractivity contribution in [1.82, 2.24) is 5.32 Å². The number of methoxy groups -OCH3 is 2. The molecule has 7 heteroatoms. The highest BCUT2D eigenvalue weighted by Crippen LogP contribution is 2.39. The van der Waals surface area contributed by atoms with Crippen molar-refractivity contribution in [2.75, 3.05) is 20.8 Å². The molecule has 7 nitrogen and oxygen atoms in total. The average Bonchev–Trinajstić information content (AvgIpc) is 2.57. The summed E-state index contributed by atoms with van der Waals surface area (Å²) in [5, 5.41) is 2.51. The molecule has 26 heavy (non-hydrogen) atoms. The van der Waals surface area contributed by atoms with Gasteiger partial charge in [-0.2, -0.15) is 0 Å². The fourth-order valence-electron chi connectivity index (χ4n) is 3.14. The number of nitrogens with two attached hydrogens (primary N) is 1. The summed E-state index contributed by atoms with van der Waals surface area (Å²) in [6.45, 7) is 5.20. The van der Waals surface area contributed by atoms with Crippen molar-refractivity contribution in [1.29, 1.82) is 0 Å². The highest BCUT2D eigenvalue weighted by molar-refractivity contribution is 5.87. The van der Waals surface area contributed by atoms with Crippen LogP contribution in [-0.4, -0.2) is 38.2 Å². The molecule has 0 aromatic heterocycles. The first-order chi connectivity index (χ1) is 12.2. The summed E-state index contributed by atoms with van der Waals surface area (Å²) in [7, 11) is 3.15. The molecule has 1 aliphatic carbocycles. The van der Waals surface area contributed by atoms with Crippen LogP contribution >= 0.6 is 0 Å². The van der Waals surface area contributed by atoms with E-state index in [9.17, 15) is 9.59 Å². The Morgan fingerprint density at radius 2 is 1.81 bits per heavy atom. The van der Waals surface area contributed by atoms with E-state index in [0.717, 1.165) is 11.1 Å². The van der Waals surface area contributed by atoms with Crippen LogP contribution in [0.15, 0.2) is 12.1 Å². The Morgan fingerprint density at radius 3 is 2.38 bits per heavy atom. The predicted octanol–water partition coefficient (Wildman–Crippen LogP) is 2.36. The first kappa shape index (κ1) is 20.0. The van der Waals surface area contributed by atoms with Crippen molar-refractivity contribution >= 4 is 11.9 Å². The van der Waals surface area contributed by atoms with Crippen LogP contribution in [0.25, 0.3) is 0 Å². The van der Waals surface area contributed by atoms with E-state index in [1.807, 2.05) is 12.1 Å². The van der Waals surface area contributed by atoms with Crippen molar-refractivity contribution < 1.29 is 23.8 Å². The lowest BCUT2D eigenvalue weighted by Gasteiger charge is -2.31. The first-order valence-electron chi connectivity index (χ1n) is 8.66. The number of carbonyl (C=O) groups is 2. The Labute approximate surface area is 154 Å². The van der Waals surface area contributed by atoms with Gasteiger partial charge in [-0.15, -0.1) is 0 Å². The highest BCUT2D eigenvalue weighted by atomic mass is 16.6. The largest absolute Gasteiger partial charge is 0.493 e. The molecule has 0 spiro atoms. The van der Waals surface area contributed by atoms with Crippen LogP contribution in [0.5, 0.6) is 11.5 Å². The van der Waals surface area contributed by atoms with E-state index in [-0.39, 0.29) is 18.2 Å². The number of hydrogen-bond acceptors (Lipinski definition) is 6. The second kappa shape index (κ2) is 7.95. The summed E-state index contributed by atoms with van der Waals surface area (Å²) in [6, 6.07) is 3.29. The van der Waals surface area contributed by atoms with Crippen molar-refractivity contribution in [3.05, 3.63) is 23.3 Å². The monoisotopic (exact) mass is 364 g/mol. The fraction of sp³-hybridized carbons (Fsp3) is 0.579. The Balaban J connectivity index is 2.07. The third kappa shape index (κ3) is 4.66. The van der Waals surface area contributed by atoms with E-state index in [1.54, 1.807) is 35.0 Å². The molecule has 0 saturated heterocycles. The van der Waals surface area contributed by atoms with Gasteiger partial charge in [0.15, 0.2) is 17.3 Å². The summed E-state index contributed by atoms with van der Waals surface area (Å²) in [5.41, 5.74) is 7.68. The van der Waals surface area contributed by atoms with Gasteiger partial charge in [-0.3, -0.25) is 4.79 Å². The summed E-state index contributed by atoms with van der Waals surface area (Å²) >= 11 is 0. The van der Waals surface area contributed by atoms with E-state index >= 15 is 0 Å². The van der Waals surface area contributed by atoms with Crippen LogP contribution in [0.4, 0.5) is 4.79 Å². The number of aryl methyl sites for hydroxylation is 1. The zero-order valence-electron chi connectivity index (χ0n) is 16.0. The number of rotatable bonds is 5. The summed E-state index contributed by atoms with van der Waals surface area (Å²) in [5.74, 6) is 0.760. The van der Waals surface area contributed by atoms with Crippen LogP contribution in [0.1, 0.15) is 44.4 Å². The molecule has 144 valence electrons. The number of carbonyl (C=O) groups excluding carboxylic acids is 2. The van der Waals surface area contributed by atoms with Gasteiger partial charge in [-0.25, -0.2) is 4.79 Å². The van der Waals surface area contributed by atoms with Crippen molar-refractivity contribution in [3.63, 3.8) is 0 Å². The number of alkyl carbamates (subject to hydrolysis) is 1. The highest BCUT2D eigenvalue weighted by Gasteiger charge is 2.33. The van der Waals surface area contributed by atoms with Crippen LogP contribution in [0, 0.1) is 5.92 Å². The molecule has 2 unspecified atom stereocenters. The molecular formula is C19H28N2O5. The number of ether oxygens (including phenoxy) is 3. The average molecular weight is 364 g/mol. The zero-order valence-corrected chi connectivity index (χ0v) is 16.0. The Hall–Kier alpha value is -2.28. The Bertz CT molecular complexity index is 681. The number of fused-ring (bicyclic) bond motifs is 1. The van der Waals surface area contributed by atoms with E-state index in [1.165, 1.54) is 0 Å². The Kier molecular flexibility index (Phi) is 6.13. The topological polar surface area (TPSA) is 99.9 Å². The van der Waals surface area contributed by atoms with Gasteiger partial charge in [-0.05, 0) is 56.9 Å². The van der Waals surface area contributed by atoms with Crippen molar-refractivity contribution in [2.24, 2.45) is 11.7 Å². The molecule has 1 aliphatic rings. The number of amides is 1. The van der Waals surface area contributed by atoms with Gasteiger partial charge in [-0.1, -0.05) is 0 Å². The Morgan fingerprint density at radius 1 is 1.19 bits per heavy atom. The van der Waals surface area contributed by atoms with Gasteiger partial charge in [0.1, 0.15) is 5.60 Å². The lowest BCUT2D eigenvalue weighted by molar-refractivity contribution is -0.123. The molecule has 1 aromatic carbocycles. The minimum Gasteiger partial charge on any atom is -0.493 e. The normalized spacial score (nSPS) is 19.3. The number of benzene rings is 1. The molecule has 0 radical (unpaired) electrons. The van der Waals surface area contributed by atoms with Gasteiger partial charge in [0.2, 0.25) is 0 Å². The fourth-order valence-corrected chi connectivity index (χ4v) is 3.14. The molecule has 2 rings (SSSR count). The SMILES string of the molecule is COc1cc2c(cc1OC)C(N)C(C(=O)CNC(=O)OC(C)(C)C)CC2. The maximum atomic E-state index is 12.6. The lowest BCUT2D eigenvalue weighted by atomic mass is 9.78. The van der Waals surface area contributed by atoms with Crippen LogP contribution in [-0.2, 0) is 16.0 Å². The third-order valence-corrected chi connectivity index (χ3v) is 4.38. The molecule has 1 aromatic rings. The standard InChI is InChI=1S/C19H28N2O5/c1-19(2,3)26-18(23)21-10-14(22)12-7-6-11-8-15(24-4)16(25-5)9-13(11)17(12)20/h8-9,12,17H,6-7,10,20H2,1-5H3,(H,21,23). The minimum absolute atomic E-state index is 0.101. The zero-order chi connectivity index (χ0) is 19.5. The number of nitrogens with one attached hydrogen (secondary N) is 1. The lowest BCUT2D eigenvalue weighted by Crippen LogP contribution is -2.41. The number of hydrogen-bond donors (Lipinski definition) is 2. The van der Waals surface area contributed by atoms with E-state index in [4.69, 9.17) is 19.9 Å². The van der Waals surface area contributed by atoms with Gasteiger partial charge < -0.3 is 25.3 Å². The van der Waals surface area contributed by atoms with Crippen LogP contribution in [0.3, 0.4) is 0 Å². The van der Waals surface area contributed by atoms with Crippen molar-refractivity contribution in [2.45, 2.75) is 45.3 Å². The molecule has 1 amide bonds.